The van der Waals surface area contributed by atoms with Gasteiger partial charge in [0.25, 0.3) is 0 Å². The number of carbonyl (C=O) groups is 2. The Morgan fingerprint density at radius 2 is 1.28 bits per heavy atom. The van der Waals surface area contributed by atoms with Crippen LogP contribution >= 0.6 is 0 Å². The number of carboxylic acids is 2. The molecule has 0 aliphatic rings. The molecule has 0 aromatic heterocycles. The van der Waals surface area contributed by atoms with Gasteiger partial charge in [-0.05, 0) is 12.8 Å². The fraction of sp³-hybridized carbons (Fsp3) is 0.800. The molecule has 5 heteroatoms. The van der Waals surface area contributed by atoms with Gasteiger partial charge in [0.2, 0.25) is 0 Å². The average Bonchev–Trinajstić information content (AvgIpc) is 2.53. The van der Waals surface area contributed by atoms with Crippen molar-refractivity contribution < 1.29 is 72.6 Å². The Kier molecular flexibility index (Phi) is 22.7. The summed E-state index contributed by atoms with van der Waals surface area (Å²) in [5, 5.41) is 17.6. The average molecular weight is 381 g/mol. The Labute approximate surface area is 197 Å². The van der Waals surface area contributed by atoms with E-state index in [4.69, 9.17) is 10.2 Å². The SMILES string of the molecule is CCCCCCCCCCCCCCC=CC(CC(=O)O)C(=O)O.[H-].[K+]. The van der Waals surface area contributed by atoms with Crippen molar-refractivity contribution >= 4 is 11.9 Å². The molecule has 0 amide bonds. The van der Waals surface area contributed by atoms with Gasteiger partial charge in [-0.1, -0.05) is 89.7 Å². The van der Waals surface area contributed by atoms with Crippen molar-refractivity contribution in [2.45, 2.75) is 96.8 Å². The molecule has 1 unspecified atom stereocenters. The molecule has 0 aromatic rings. The molecule has 142 valence electrons. The number of hydrogen-bond acceptors (Lipinski definition) is 2. The first-order chi connectivity index (χ1) is 11.6. The van der Waals surface area contributed by atoms with E-state index in [1.54, 1.807) is 0 Å². The van der Waals surface area contributed by atoms with Gasteiger partial charge in [-0.3, -0.25) is 9.59 Å². The van der Waals surface area contributed by atoms with Gasteiger partial charge in [0, 0.05) is 0 Å². The molecule has 0 rings (SSSR count). The van der Waals surface area contributed by atoms with Crippen LogP contribution in [0.1, 0.15) is 98.2 Å². The van der Waals surface area contributed by atoms with Crippen LogP contribution in [0.5, 0.6) is 0 Å². The molecule has 0 bridgehead atoms. The van der Waals surface area contributed by atoms with E-state index in [2.05, 4.69) is 6.92 Å². The third kappa shape index (κ3) is 20.5. The van der Waals surface area contributed by atoms with Crippen molar-refractivity contribution in [2.24, 2.45) is 5.92 Å². The minimum atomic E-state index is -1.07. The van der Waals surface area contributed by atoms with Crippen molar-refractivity contribution in [3.63, 3.8) is 0 Å². The summed E-state index contributed by atoms with van der Waals surface area (Å²) in [6, 6.07) is 0. The molecule has 0 saturated carbocycles. The molecule has 0 aromatic carbocycles. The second kappa shape index (κ2) is 20.6. The van der Waals surface area contributed by atoms with E-state index in [0.717, 1.165) is 19.3 Å². The van der Waals surface area contributed by atoms with Gasteiger partial charge in [0.05, 0.1) is 12.3 Å². The molecule has 0 radical (unpaired) electrons. The summed E-state index contributed by atoms with van der Waals surface area (Å²) >= 11 is 0. The molecule has 4 nitrogen and oxygen atoms in total. The van der Waals surface area contributed by atoms with Gasteiger partial charge in [-0.25, -0.2) is 0 Å². The van der Waals surface area contributed by atoms with E-state index in [0.29, 0.717) is 0 Å². The number of hydrogen-bond donors (Lipinski definition) is 2. The van der Waals surface area contributed by atoms with E-state index >= 15 is 0 Å². The van der Waals surface area contributed by atoms with Gasteiger partial charge in [-0.2, -0.15) is 0 Å². The Hall–Kier alpha value is 0.316. The van der Waals surface area contributed by atoms with Gasteiger partial charge in [-0.15, -0.1) is 0 Å². The number of unbranched alkanes of at least 4 members (excludes halogenated alkanes) is 12. The van der Waals surface area contributed by atoms with Crippen molar-refractivity contribution in [1.29, 1.82) is 0 Å². The first-order valence-electron chi connectivity index (χ1n) is 9.69. The Bertz CT molecular complexity index is 362. The number of allylic oxidation sites excluding steroid dienone is 1. The predicted molar refractivity (Wildman–Crippen MR) is 99.3 cm³/mol. The summed E-state index contributed by atoms with van der Waals surface area (Å²) in [6.45, 7) is 2.25. The standard InChI is InChI=1S/C20H36O4.K.H/c1-2-3-4-5-6-7-8-9-10-11-12-13-14-15-16-18(20(23)24)17-19(21)22;;/h15-16,18H,2-14,17H2,1H3,(H,21,22)(H,23,24);;/q;+1;-1. The molecular weight excluding hydrogens is 343 g/mol. The molecule has 0 heterocycles. The van der Waals surface area contributed by atoms with Crippen LogP contribution in [0, 0.1) is 5.92 Å². The van der Waals surface area contributed by atoms with Crippen LogP contribution in [0.4, 0.5) is 0 Å². The molecule has 0 spiro atoms. The van der Waals surface area contributed by atoms with Gasteiger partial charge >= 0.3 is 63.3 Å². The zero-order chi connectivity index (χ0) is 18.0. The van der Waals surface area contributed by atoms with Gasteiger partial charge in [0.1, 0.15) is 0 Å². The summed E-state index contributed by atoms with van der Waals surface area (Å²) in [5.41, 5.74) is 0. The molecule has 0 saturated heterocycles. The number of carboxylic acid groups (broad SMARTS) is 2. The maximum Gasteiger partial charge on any atom is 1.00 e. The Morgan fingerprint density at radius 3 is 1.68 bits per heavy atom. The minimum Gasteiger partial charge on any atom is -1.00 e. The second-order valence-electron chi connectivity index (χ2n) is 6.65. The van der Waals surface area contributed by atoms with Crippen LogP contribution in [-0.2, 0) is 9.59 Å². The molecule has 0 aliphatic heterocycles. The van der Waals surface area contributed by atoms with Crippen LogP contribution in [0.3, 0.4) is 0 Å². The third-order valence-electron chi connectivity index (χ3n) is 4.30. The Morgan fingerprint density at radius 1 is 0.840 bits per heavy atom. The molecule has 0 aliphatic carbocycles. The van der Waals surface area contributed by atoms with Gasteiger partial charge in [0.15, 0.2) is 0 Å². The summed E-state index contributed by atoms with van der Waals surface area (Å²) in [7, 11) is 0. The second-order valence-corrected chi connectivity index (χ2v) is 6.65. The van der Waals surface area contributed by atoms with E-state index in [-0.39, 0.29) is 59.2 Å². The van der Waals surface area contributed by atoms with Crippen molar-refractivity contribution in [2.75, 3.05) is 0 Å². The summed E-state index contributed by atoms with van der Waals surface area (Å²) in [4.78, 5) is 21.5. The number of aliphatic carboxylic acids is 2. The Balaban J connectivity index is -0.00000264. The van der Waals surface area contributed by atoms with Crippen LogP contribution in [0.25, 0.3) is 0 Å². The monoisotopic (exact) mass is 380 g/mol. The first kappa shape index (κ1) is 27.5. The molecule has 25 heavy (non-hydrogen) atoms. The quantitative estimate of drug-likeness (QED) is 0.231. The summed E-state index contributed by atoms with van der Waals surface area (Å²) < 4.78 is 0. The van der Waals surface area contributed by atoms with Crippen molar-refractivity contribution in [3.05, 3.63) is 12.2 Å². The summed E-state index contributed by atoms with van der Waals surface area (Å²) in [5.74, 6) is -3.04. The fourth-order valence-electron chi connectivity index (χ4n) is 2.79. The van der Waals surface area contributed by atoms with Crippen LogP contribution in [0.2, 0.25) is 0 Å². The van der Waals surface area contributed by atoms with E-state index < -0.39 is 17.9 Å². The molecule has 0 fully saturated rings. The van der Waals surface area contributed by atoms with Crippen molar-refractivity contribution in [1.82, 2.24) is 0 Å². The van der Waals surface area contributed by atoms with Gasteiger partial charge < -0.3 is 11.6 Å². The molecule has 2 N–H and O–H groups in total. The smallest absolute Gasteiger partial charge is 1.00 e. The maximum absolute atomic E-state index is 10.9. The zero-order valence-corrected chi connectivity index (χ0v) is 19.5. The molecular formula is C20H37KO4. The maximum atomic E-state index is 10.9. The fourth-order valence-corrected chi connectivity index (χ4v) is 2.79. The van der Waals surface area contributed by atoms with E-state index in [1.807, 2.05) is 6.08 Å². The van der Waals surface area contributed by atoms with Crippen LogP contribution in [0.15, 0.2) is 12.2 Å². The normalized spacial score (nSPS) is 12.0. The minimum absolute atomic E-state index is 0. The van der Waals surface area contributed by atoms with Crippen LogP contribution in [-0.4, -0.2) is 22.2 Å². The topological polar surface area (TPSA) is 74.6 Å². The third-order valence-corrected chi connectivity index (χ3v) is 4.30. The summed E-state index contributed by atoms with van der Waals surface area (Å²) in [6.07, 6.45) is 19.4. The largest absolute Gasteiger partial charge is 1.00 e. The molecule has 1 atom stereocenters. The van der Waals surface area contributed by atoms with Crippen molar-refractivity contribution in [3.8, 4) is 0 Å². The number of rotatable bonds is 17. The van der Waals surface area contributed by atoms with Crippen LogP contribution < -0.4 is 51.4 Å². The van der Waals surface area contributed by atoms with E-state index in [1.165, 1.54) is 70.3 Å². The zero-order valence-electron chi connectivity index (χ0n) is 17.3. The first-order valence-corrected chi connectivity index (χ1v) is 9.69. The van der Waals surface area contributed by atoms with E-state index in [9.17, 15) is 9.59 Å². The predicted octanol–water partition coefficient (Wildman–Crippen LogP) is 2.93.